The van der Waals surface area contributed by atoms with E-state index < -0.39 is 0 Å². The molecule has 5 nitrogen and oxygen atoms in total. The van der Waals surface area contributed by atoms with Gasteiger partial charge in [0, 0.05) is 47.8 Å². The number of benzene rings is 2. The van der Waals surface area contributed by atoms with E-state index in [-0.39, 0.29) is 17.5 Å². The van der Waals surface area contributed by atoms with Gasteiger partial charge in [0.2, 0.25) is 0 Å². The van der Waals surface area contributed by atoms with Gasteiger partial charge in [0.25, 0.3) is 0 Å². The number of carbonyl (C=O) groups excluding carboxylic acids is 2. The average Bonchev–Trinajstić information content (AvgIpc) is 2.89. The van der Waals surface area contributed by atoms with E-state index in [4.69, 9.17) is 9.47 Å². The number of hydrogen-bond donors (Lipinski definition) is 0. The summed E-state index contributed by atoms with van der Waals surface area (Å²) in [5.74, 6) is 1.22. The SMILES string of the molecule is CCCN1C2=C(C(=O)CCC2)C(c2cc(Br)c(OCc3cccc(C)c3)c(OCC)c2)C2=C1CCCC2=O. The number of nitrogens with zero attached hydrogens (tertiary/aromatic N) is 1. The summed E-state index contributed by atoms with van der Waals surface area (Å²) in [5.41, 5.74) is 7.03. The maximum Gasteiger partial charge on any atom is 0.175 e. The van der Waals surface area contributed by atoms with Crippen LogP contribution in [0.3, 0.4) is 0 Å². The lowest BCUT2D eigenvalue weighted by molar-refractivity contribution is -0.117. The van der Waals surface area contributed by atoms with Crippen LogP contribution in [0.2, 0.25) is 0 Å². The number of halogens is 1. The van der Waals surface area contributed by atoms with Gasteiger partial charge in [-0.1, -0.05) is 36.8 Å². The Bertz CT molecular complexity index is 1280. The van der Waals surface area contributed by atoms with Crippen molar-refractivity contribution >= 4 is 27.5 Å². The summed E-state index contributed by atoms with van der Waals surface area (Å²) in [6.07, 6.45) is 5.50. The molecular formula is C32H36BrNO4. The molecule has 1 heterocycles. The van der Waals surface area contributed by atoms with Crippen LogP contribution in [0.25, 0.3) is 0 Å². The van der Waals surface area contributed by atoms with Gasteiger partial charge in [-0.15, -0.1) is 0 Å². The van der Waals surface area contributed by atoms with Crippen molar-refractivity contribution in [3.63, 3.8) is 0 Å². The summed E-state index contributed by atoms with van der Waals surface area (Å²) >= 11 is 3.75. The molecule has 5 rings (SSSR count). The molecule has 38 heavy (non-hydrogen) atoms. The van der Waals surface area contributed by atoms with E-state index in [1.54, 1.807) is 0 Å². The highest BCUT2D eigenvalue weighted by atomic mass is 79.9. The second-order valence-electron chi connectivity index (χ2n) is 10.4. The molecule has 0 N–H and O–H groups in total. The third kappa shape index (κ3) is 5.07. The van der Waals surface area contributed by atoms with Gasteiger partial charge in [0.15, 0.2) is 23.1 Å². The third-order valence-electron chi connectivity index (χ3n) is 7.66. The van der Waals surface area contributed by atoms with Gasteiger partial charge in [-0.05, 0) is 85.1 Å². The zero-order valence-corrected chi connectivity index (χ0v) is 24.2. The molecule has 0 spiro atoms. The summed E-state index contributed by atoms with van der Waals surface area (Å²) < 4.78 is 13.1. The quantitative estimate of drug-likeness (QED) is 0.324. The van der Waals surface area contributed by atoms with Crippen LogP contribution in [-0.2, 0) is 16.2 Å². The first-order valence-corrected chi connectivity index (χ1v) is 14.7. The standard InChI is InChI=1S/C32H36BrNO4/c1-4-15-34-24-11-7-13-26(35)30(24)29(31-25(34)12-8-14-27(31)36)22-17-23(33)32(28(18-22)37-5-2)38-19-21-10-6-9-20(3)16-21/h6,9-10,16-18,29H,4-5,7-8,11-15,19H2,1-3H3. The van der Waals surface area contributed by atoms with E-state index in [0.29, 0.717) is 37.6 Å². The molecular weight excluding hydrogens is 542 g/mol. The molecule has 0 saturated heterocycles. The Kier molecular flexibility index (Phi) is 8.08. The maximum atomic E-state index is 13.5. The minimum absolute atomic E-state index is 0.163. The molecule has 0 fully saturated rings. The van der Waals surface area contributed by atoms with Crippen LogP contribution in [0.15, 0.2) is 63.4 Å². The van der Waals surface area contributed by atoms with Crippen LogP contribution in [0.4, 0.5) is 0 Å². The van der Waals surface area contributed by atoms with Gasteiger partial charge in [-0.3, -0.25) is 9.59 Å². The fourth-order valence-electron chi connectivity index (χ4n) is 6.16. The predicted octanol–water partition coefficient (Wildman–Crippen LogP) is 7.56. The second kappa shape index (κ2) is 11.5. The van der Waals surface area contributed by atoms with Crippen molar-refractivity contribution in [1.82, 2.24) is 4.90 Å². The van der Waals surface area contributed by atoms with E-state index in [1.165, 1.54) is 5.56 Å². The highest BCUT2D eigenvalue weighted by Gasteiger charge is 2.43. The Hall–Kier alpha value is -2.86. The number of Topliss-reactive ketones (excluding diaryl/α,β-unsaturated/α-hetero) is 2. The average molecular weight is 579 g/mol. The van der Waals surface area contributed by atoms with Crippen molar-refractivity contribution in [2.75, 3.05) is 13.2 Å². The van der Waals surface area contributed by atoms with Gasteiger partial charge in [0.1, 0.15) is 6.61 Å². The van der Waals surface area contributed by atoms with Gasteiger partial charge in [-0.25, -0.2) is 0 Å². The number of ether oxygens (including phenoxy) is 2. The summed E-state index contributed by atoms with van der Waals surface area (Å²) in [4.78, 5) is 29.3. The molecule has 0 saturated carbocycles. The molecule has 2 aromatic carbocycles. The van der Waals surface area contributed by atoms with Gasteiger partial charge >= 0.3 is 0 Å². The zero-order valence-electron chi connectivity index (χ0n) is 22.6. The third-order valence-corrected chi connectivity index (χ3v) is 8.25. The molecule has 3 aliphatic rings. The Morgan fingerprint density at radius 1 is 0.921 bits per heavy atom. The van der Waals surface area contributed by atoms with E-state index in [2.05, 4.69) is 46.8 Å². The monoisotopic (exact) mass is 577 g/mol. The van der Waals surface area contributed by atoms with Crippen LogP contribution < -0.4 is 9.47 Å². The summed E-state index contributed by atoms with van der Waals surface area (Å²) in [7, 11) is 0. The Balaban J connectivity index is 1.61. The normalized spacial score (nSPS) is 18.1. The molecule has 0 amide bonds. The first kappa shape index (κ1) is 26.7. The van der Waals surface area contributed by atoms with Crippen LogP contribution in [0.1, 0.15) is 81.4 Å². The zero-order chi connectivity index (χ0) is 26.8. The van der Waals surface area contributed by atoms with Crippen LogP contribution in [0.5, 0.6) is 11.5 Å². The maximum absolute atomic E-state index is 13.5. The molecule has 0 aromatic heterocycles. The van der Waals surface area contributed by atoms with Crippen molar-refractivity contribution in [3.05, 3.63) is 80.1 Å². The van der Waals surface area contributed by atoms with Gasteiger partial charge in [0.05, 0.1) is 11.1 Å². The van der Waals surface area contributed by atoms with Crippen molar-refractivity contribution < 1.29 is 19.1 Å². The highest BCUT2D eigenvalue weighted by Crippen LogP contribution is 2.51. The molecule has 2 aromatic rings. The lowest BCUT2D eigenvalue weighted by Gasteiger charge is -2.44. The molecule has 200 valence electrons. The minimum atomic E-state index is -0.366. The fraction of sp³-hybridized carbons (Fsp3) is 0.438. The summed E-state index contributed by atoms with van der Waals surface area (Å²) in [6.45, 7) is 7.90. The topological polar surface area (TPSA) is 55.8 Å². The van der Waals surface area contributed by atoms with Crippen LogP contribution in [0, 0.1) is 6.92 Å². The Morgan fingerprint density at radius 3 is 2.21 bits per heavy atom. The second-order valence-corrected chi connectivity index (χ2v) is 11.3. The Morgan fingerprint density at radius 2 is 1.61 bits per heavy atom. The number of ketones is 2. The van der Waals surface area contributed by atoms with Crippen molar-refractivity contribution in [2.45, 2.75) is 78.2 Å². The number of aryl methyl sites for hydroxylation is 1. The minimum Gasteiger partial charge on any atom is -0.490 e. The first-order chi connectivity index (χ1) is 18.4. The summed E-state index contributed by atoms with van der Waals surface area (Å²) in [5, 5.41) is 0. The van der Waals surface area contributed by atoms with Gasteiger partial charge in [-0.2, -0.15) is 0 Å². The fourth-order valence-corrected chi connectivity index (χ4v) is 6.73. The van der Waals surface area contributed by atoms with Crippen molar-refractivity contribution in [2.24, 2.45) is 0 Å². The number of carbonyl (C=O) groups is 2. The first-order valence-electron chi connectivity index (χ1n) is 13.9. The van der Waals surface area contributed by atoms with E-state index >= 15 is 0 Å². The van der Waals surface area contributed by atoms with E-state index in [0.717, 1.165) is 76.8 Å². The van der Waals surface area contributed by atoms with E-state index in [1.807, 2.05) is 31.2 Å². The molecule has 0 bridgehead atoms. The molecule has 0 unspecified atom stereocenters. The smallest absolute Gasteiger partial charge is 0.175 e. The molecule has 0 radical (unpaired) electrons. The lowest BCUT2D eigenvalue weighted by Crippen LogP contribution is -2.39. The number of rotatable bonds is 8. The summed E-state index contributed by atoms with van der Waals surface area (Å²) in [6, 6.07) is 12.3. The lowest BCUT2D eigenvalue weighted by atomic mass is 9.71. The Labute approximate surface area is 234 Å². The molecule has 2 aliphatic carbocycles. The van der Waals surface area contributed by atoms with Gasteiger partial charge < -0.3 is 14.4 Å². The number of allylic oxidation sites excluding steroid dienone is 4. The van der Waals surface area contributed by atoms with E-state index in [9.17, 15) is 9.59 Å². The number of hydrogen-bond acceptors (Lipinski definition) is 5. The molecule has 6 heteroatoms. The van der Waals surface area contributed by atoms with Crippen LogP contribution >= 0.6 is 15.9 Å². The van der Waals surface area contributed by atoms with Crippen LogP contribution in [-0.4, -0.2) is 29.6 Å². The molecule has 1 aliphatic heterocycles. The molecule has 0 atom stereocenters. The van der Waals surface area contributed by atoms with Crippen molar-refractivity contribution in [1.29, 1.82) is 0 Å². The highest BCUT2D eigenvalue weighted by molar-refractivity contribution is 9.10. The van der Waals surface area contributed by atoms with Crippen molar-refractivity contribution in [3.8, 4) is 11.5 Å². The predicted molar refractivity (Wildman–Crippen MR) is 152 cm³/mol. The largest absolute Gasteiger partial charge is 0.490 e.